The number of ether oxygens (including phenoxy) is 1. The third-order valence-corrected chi connectivity index (χ3v) is 3.85. The molecule has 0 radical (unpaired) electrons. The first-order chi connectivity index (χ1) is 8.39. The molecular weight excluding hydrogens is 254 g/mol. The van der Waals surface area contributed by atoms with Crippen molar-refractivity contribution >= 4 is 15.8 Å². The van der Waals surface area contributed by atoms with Gasteiger partial charge in [0.05, 0.1) is 12.0 Å². The summed E-state index contributed by atoms with van der Waals surface area (Å²) in [6.07, 6.45) is 1.23. The molecule has 5 nitrogen and oxygen atoms in total. The molecule has 0 saturated heterocycles. The molecule has 98 valence electrons. The molecule has 0 bridgehead atoms. The van der Waals surface area contributed by atoms with Gasteiger partial charge in [0.1, 0.15) is 0 Å². The van der Waals surface area contributed by atoms with E-state index in [1.54, 1.807) is 32.3 Å². The minimum absolute atomic E-state index is 0.0588. The Morgan fingerprint density at radius 1 is 1.22 bits per heavy atom. The van der Waals surface area contributed by atoms with Crippen LogP contribution < -0.4 is 0 Å². The molecule has 0 spiro atoms. The predicted octanol–water partition coefficient (Wildman–Crippen LogP) is 1.04. The van der Waals surface area contributed by atoms with Gasteiger partial charge in [0, 0.05) is 20.3 Å². The SMILES string of the molecule is COC(=O)C(=CN(C)C)S(=O)(=O)c1ccccc1. The standard InChI is InChI=1S/C12H15NO4S/c1-13(2)9-11(12(14)17-3)18(15,16)10-7-5-4-6-8-10/h4-9H,1-3H3. The monoisotopic (exact) mass is 269 g/mol. The highest BCUT2D eigenvalue weighted by atomic mass is 32.2. The summed E-state index contributed by atoms with van der Waals surface area (Å²) in [5, 5.41) is 0. The molecule has 6 heteroatoms. The molecule has 0 N–H and O–H groups in total. The van der Waals surface area contributed by atoms with Crippen LogP contribution in [0, 0.1) is 0 Å². The first-order valence-corrected chi connectivity index (χ1v) is 6.64. The number of carbonyl (C=O) groups excluding carboxylic acids is 1. The highest BCUT2D eigenvalue weighted by Crippen LogP contribution is 2.20. The van der Waals surface area contributed by atoms with Gasteiger partial charge in [-0.15, -0.1) is 0 Å². The number of carbonyl (C=O) groups is 1. The van der Waals surface area contributed by atoms with Crippen LogP contribution in [0.2, 0.25) is 0 Å². The number of hydrogen-bond acceptors (Lipinski definition) is 5. The second-order valence-corrected chi connectivity index (χ2v) is 5.68. The van der Waals surface area contributed by atoms with Crippen molar-refractivity contribution in [3.8, 4) is 0 Å². The van der Waals surface area contributed by atoms with Crippen LogP contribution in [-0.2, 0) is 19.4 Å². The van der Waals surface area contributed by atoms with E-state index in [1.807, 2.05) is 0 Å². The normalized spacial score (nSPS) is 12.1. The van der Waals surface area contributed by atoms with Crippen molar-refractivity contribution in [3.05, 3.63) is 41.4 Å². The van der Waals surface area contributed by atoms with Gasteiger partial charge in [0.15, 0.2) is 4.91 Å². The summed E-state index contributed by atoms with van der Waals surface area (Å²) >= 11 is 0. The van der Waals surface area contributed by atoms with Gasteiger partial charge in [-0.1, -0.05) is 18.2 Å². The lowest BCUT2D eigenvalue weighted by Crippen LogP contribution is -2.18. The van der Waals surface area contributed by atoms with Gasteiger partial charge in [-0.05, 0) is 12.1 Å². The first kappa shape index (κ1) is 14.2. The zero-order valence-corrected chi connectivity index (χ0v) is 11.3. The molecule has 0 saturated carbocycles. The Balaban J connectivity index is 3.35. The van der Waals surface area contributed by atoms with Gasteiger partial charge >= 0.3 is 5.97 Å². The lowest BCUT2D eigenvalue weighted by Gasteiger charge is -2.11. The fourth-order valence-corrected chi connectivity index (χ4v) is 2.72. The van der Waals surface area contributed by atoms with Crippen LogP contribution in [-0.4, -0.2) is 40.5 Å². The molecule has 0 amide bonds. The number of rotatable bonds is 4. The van der Waals surface area contributed by atoms with Crippen molar-refractivity contribution in [2.45, 2.75) is 4.90 Å². The van der Waals surface area contributed by atoms with Gasteiger partial charge in [-0.3, -0.25) is 0 Å². The predicted molar refractivity (Wildman–Crippen MR) is 67.4 cm³/mol. The number of methoxy groups -OCH3 is 1. The summed E-state index contributed by atoms with van der Waals surface area (Å²) in [7, 11) is 0.539. The molecule has 1 rings (SSSR count). The molecule has 18 heavy (non-hydrogen) atoms. The van der Waals surface area contributed by atoms with Gasteiger partial charge in [-0.25, -0.2) is 13.2 Å². The first-order valence-electron chi connectivity index (χ1n) is 5.16. The van der Waals surface area contributed by atoms with Crippen molar-refractivity contribution in [3.63, 3.8) is 0 Å². The van der Waals surface area contributed by atoms with Crippen molar-refractivity contribution in [2.75, 3.05) is 21.2 Å². The Morgan fingerprint density at radius 2 is 1.78 bits per heavy atom. The minimum Gasteiger partial charge on any atom is -0.465 e. The highest BCUT2D eigenvalue weighted by Gasteiger charge is 2.28. The average Bonchev–Trinajstić information content (AvgIpc) is 2.35. The fourth-order valence-electron chi connectivity index (χ4n) is 1.29. The van der Waals surface area contributed by atoms with Crippen LogP contribution in [0.15, 0.2) is 46.3 Å². The van der Waals surface area contributed by atoms with E-state index in [-0.39, 0.29) is 9.80 Å². The van der Waals surface area contributed by atoms with E-state index in [9.17, 15) is 13.2 Å². The van der Waals surface area contributed by atoms with Gasteiger partial charge in [0.25, 0.3) is 0 Å². The maximum atomic E-state index is 12.3. The van der Waals surface area contributed by atoms with E-state index in [0.717, 1.165) is 7.11 Å². The van der Waals surface area contributed by atoms with E-state index in [0.29, 0.717) is 0 Å². The van der Waals surface area contributed by atoms with E-state index < -0.39 is 15.8 Å². The van der Waals surface area contributed by atoms with Crippen molar-refractivity contribution in [1.29, 1.82) is 0 Å². The molecular formula is C12H15NO4S. The van der Waals surface area contributed by atoms with Gasteiger partial charge in [-0.2, -0.15) is 0 Å². The summed E-state index contributed by atoms with van der Waals surface area (Å²) < 4.78 is 29.1. The molecule has 1 aromatic rings. The molecule has 0 aliphatic rings. The Morgan fingerprint density at radius 3 is 2.22 bits per heavy atom. The molecule has 0 fully saturated rings. The summed E-state index contributed by atoms with van der Waals surface area (Å²) in [6, 6.07) is 7.75. The van der Waals surface area contributed by atoms with Crippen LogP contribution in [0.3, 0.4) is 0 Å². The lowest BCUT2D eigenvalue weighted by molar-refractivity contribution is -0.135. The van der Waals surface area contributed by atoms with Crippen molar-refractivity contribution in [1.82, 2.24) is 4.90 Å². The number of nitrogens with zero attached hydrogens (tertiary/aromatic N) is 1. The summed E-state index contributed by atoms with van der Waals surface area (Å²) in [5.41, 5.74) is 0. The zero-order chi connectivity index (χ0) is 13.8. The Labute approximate surface area is 107 Å². The largest absolute Gasteiger partial charge is 0.465 e. The average molecular weight is 269 g/mol. The second-order valence-electron chi connectivity index (χ2n) is 3.77. The van der Waals surface area contributed by atoms with Crippen LogP contribution >= 0.6 is 0 Å². The molecule has 0 atom stereocenters. The number of hydrogen-bond donors (Lipinski definition) is 0. The van der Waals surface area contributed by atoms with Crippen LogP contribution in [0.25, 0.3) is 0 Å². The lowest BCUT2D eigenvalue weighted by atomic mass is 10.4. The fraction of sp³-hybridized carbons (Fsp3) is 0.250. The Hall–Kier alpha value is -1.82. The molecule has 0 aliphatic carbocycles. The minimum atomic E-state index is -3.86. The topological polar surface area (TPSA) is 63.7 Å². The Bertz CT molecular complexity index is 547. The van der Waals surface area contributed by atoms with Gasteiger partial charge in [0.2, 0.25) is 9.84 Å². The van der Waals surface area contributed by atoms with Crippen molar-refractivity contribution < 1.29 is 17.9 Å². The molecule has 0 aromatic heterocycles. The summed E-state index contributed by atoms with van der Waals surface area (Å²) in [5.74, 6) is -0.882. The third-order valence-electron chi connectivity index (χ3n) is 2.11. The Kier molecular flexibility index (Phi) is 4.49. The maximum Gasteiger partial charge on any atom is 0.351 e. The van der Waals surface area contributed by atoms with Gasteiger partial charge < -0.3 is 9.64 Å². The zero-order valence-electron chi connectivity index (χ0n) is 10.5. The smallest absolute Gasteiger partial charge is 0.351 e. The van der Waals surface area contributed by atoms with E-state index in [1.165, 1.54) is 23.2 Å². The van der Waals surface area contributed by atoms with E-state index in [2.05, 4.69) is 4.74 Å². The summed E-state index contributed by atoms with van der Waals surface area (Å²) in [4.78, 5) is 12.7. The number of sulfone groups is 1. The van der Waals surface area contributed by atoms with Crippen LogP contribution in [0.4, 0.5) is 0 Å². The summed E-state index contributed by atoms with van der Waals surface area (Å²) in [6.45, 7) is 0. The number of benzene rings is 1. The molecule has 0 heterocycles. The van der Waals surface area contributed by atoms with Crippen LogP contribution in [0.1, 0.15) is 0 Å². The molecule has 1 aromatic carbocycles. The molecule has 0 aliphatic heterocycles. The molecule has 0 unspecified atom stereocenters. The quantitative estimate of drug-likeness (QED) is 0.603. The highest BCUT2D eigenvalue weighted by molar-refractivity contribution is 7.96. The second kappa shape index (κ2) is 5.68. The maximum absolute atomic E-state index is 12.3. The van der Waals surface area contributed by atoms with Crippen molar-refractivity contribution in [2.24, 2.45) is 0 Å². The number of esters is 1. The van der Waals surface area contributed by atoms with Crippen LogP contribution in [0.5, 0.6) is 0 Å². The van der Waals surface area contributed by atoms with E-state index >= 15 is 0 Å². The van der Waals surface area contributed by atoms with E-state index in [4.69, 9.17) is 0 Å². The third kappa shape index (κ3) is 3.10.